The number of halogens is 1. The Morgan fingerprint density at radius 2 is 1.87 bits per heavy atom. The number of para-hydroxylation sites is 1. The minimum atomic E-state index is -0.526. The van der Waals surface area contributed by atoms with E-state index in [0.717, 1.165) is 17.7 Å². The molecular formula is C24H24ClN3O2S. The Balaban J connectivity index is 1.78. The molecule has 1 atom stereocenters. The summed E-state index contributed by atoms with van der Waals surface area (Å²) in [5.41, 5.74) is 3.47. The summed E-state index contributed by atoms with van der Waals surface area (Å²) in [6, 6.07) is 12.9. The Labute approximate surface area is 192 Å². The minimum Gasteiger partial charge on any atom is -0.369 e. The topological polar surface area (TPSA) is 52.7 Å². The van der Waals surface area contributed by atoms with E-state index in [0.29, 0.717) is 22.2 Å². The van der Waals surface area contributed by atoms with Gasteiger partial charge in [0.25, 0.3) is 11.8 Å². The summed E-state index contributed by atoms with van der Waals surface area (Å²) in [6.45, 7) is 6.61. The lowest BCUT2D eigenvalue weighted by atomic mass is 9.80. The SMILES string of the molecule is C[C@H]1CC(C)(C)N(C)c2cc(Cl)c(/C=C3\C(=O)NC(=S)N(c4ccccc4)C3=O)cc21. The molecular weight excluding hydrogens is 430 g/mol. The molecule has 7 heteroatoms. The van der Waals surface area contributed by atoms with Crippen molar-refractivity contribution in [1.82, 2.24) is 5.32 Å². The van der Waals surface area contributed by atoms with Gasteiger partial charge in [-0.2, -0.15) is 0 Å². The van der Waals surface area contributed by atoms with E-state index in [2.05, 4.69) is 38.0 Å². The maximum atomic E-state index is 13.2. The second-order valence-corrected chi connectivity index (χ2v) is 9.50. The molecule has 2 aliphatic rings. The minimum absolute atomic E-state index is 0.00329. The zero-order valence-electron chi connectivity index (χ0n) is 17.9. The van der Waals surface area contributed by atoms with E-state index in [9.17, 15) is 9.59 Å². The normalized spacial score (nSPS) is 21.9. The van der Waals surface area contributed by atoms with Crippen molar-refractivity contribution in [2.45, 2.75) is 38.6 Å². The van der Waals surface area contributed by atoms with Crippen LogP contribution in [0.15, 0.2) is 48.0 Å². The molecule has 4 rings (SSSR count). The fourth-order valence-electron chi connectivity index (χ4n) is 4.34. The van der Waals surface area contributed by atoms with Crippen LogP contribution >= 0.6 is 23.8 Å². The molecule has 5 nitrogen and oxygen atoms in total. The molecule has 0 saturated carbocycles. The summed E-state index contributed by atoms with van der Waals surface area (Å²) in [7, 11) is 2.07. The number of nitrogens with zero attached hydrogens (tertiary/aromatic N) is 2. The van der Waals surface area contributed by atoms with Gasteiger partial charge in [-0.05, 0) is 79.9 Å². The molecule has 2 aliphatic heterocycles. The highest BCUT2D eigenvalue weighted by atomic mass is 35.5. The first-order valence-electron chi connectivity index (χ1n) is 10.1. The van der Waals surface area contributed by atoms with Crippen molar-refractivity contribution >= 4 is 58.2 Å². The first-order valence-corrected chi connectivity index (χ1v) is 10.9. The van der Waals surface area contributed by atoms with Crippen molar-refractivity contribution in [3.05, 3.63) is 64.2 Å². The second kappa shape index (κ2) is 7.77. The highest BCUT2D eigenvalue weighted by molar-refractivity contribution is 7.80. The van der Waals surface area contributed by atoms with Crippen LogP contribution in [0.5, 0.6) is 0 Å². The fourth-order valence-corrected chi connectivity index (χ4v) is 4.83. The number of anilines is 2. The van der Waals surface area contributed by atoms with Crippen molar-refractivity contribution in [1.29, 1.82) is 0 Å². The van der Waals surface area contributed by atoms with Crippen LogP contribution in [0.4, 0.5) is 11.4 Å². The molecule has 1 N–H and O–H groups in total. The largest absolute Gasteiger partial charge is 0.369 e. The number of amides is 2. The third kappa shape index (κ3) is 3.75. The Morgan fingerprint density at radius 1 is 1.19 bits per heavy atom. The number of carbonyl (C=O) groups excluding carboxylic acids is 2. The van der Waals surface area contributed by atoms with Crippen LogP contribution in [0.25, 0.3) is 6.08 Å². The van der Waals surface area contributed by atoms with E-state index in [-0.39, 0.29) is 16.2 Å². The van der Waals surface area contributed by atoms with Crippen LogP contribution in [0.2, 0.25) is 5.02 Å². The molecule has 2 aromatic rings. The number of thiocarbonyl (C=S) groups is 1. The van der Waals surface area contributed by atoms with Gasteiger partial charge in [-0.3, -0.25) is 19.8 Å². The van der Waals surface area contributed by atoms with Gasteiger partial charge >= 0.3 is 0 Å². The summed E-state index contributed by atoms with van der Waals surface area (Å²) in [5, 5.41) is 3.17. The standard InChI is InChI=1S/C24H24ClN3O2S/c1-14-13-24(2,3)27(4)20-12-19(25)15(10-17(14)20)11-18-21(29)26-23(31)28(22(18)30)16-8-6-5-7-9-16/h5-12,14H,13H2,1-4H3,(H,26,29,31)/b18-11+/t14-/m0/s1. The van der Waals surface area contributed by atoms with Gasteiger partial charge in [0.05, 0.1) is 5.69 Å². The van der Waals surface area contributed by atoms with Crippen molar-refractivity contribution in [3.63, 3.8) is 0 Å². The summed E-state index contributed by atoms with van der Waals surface area (Å²) in [5.74, 6) is -0.679. The van der Waals surface area contributed by atoms with Gasteiger partial charge in [0, 0.05) is 23.3 Å². The van der Waals surface area contributed by atoms with Gasteiger partial charge in [0.2, 0.25) is 0 Å². The molecule has 2 amide bonds. The van der Waals surface area contributed by atoms with Crippen LogP contribution in [0, 0.1) is 0 Å². The molecule has 2 aromatic carbocycles. The molecule has 0 bridgehead atoms. The second-order valence-electron chi connectivity index (χ2n) is 8.70. The number of rotatable bonds is 2. The van der Waals surface area contributed by atoms with E-state index in [4.69, 9.17) is 23.8 Å². The van der Waals surface area contributed by atoms with E-state index in [1.807, 2.05) is 30.3 Å². The number of carbonyl (C=O) groups is 2. The van der Waals surface area contributed by atoms with Crippen LogP contribution in [-0.2, 0) is 9.59 Å². The smallest absolute Gasteiger partial charge is 0.270 e. The zero-order chi connectivity index (χ0) is 22.5. The summed E-state index contributed by atoms with van der Waals surface area (Å²) < 4.78 is 0. The average Bonchev–Trinajstić information content (AvgIpc) is 2.70. The van der Waals surface area contributed by atoms with Gasteiger partial charge in [0.15, 0.2) is 5.11 Å². The lowest BCUT2D eigenvalue weighted by molar-refractivity contribution is -0.122. The third-order valence-corrected chi connectivity index (χ3v) is 6.78. The monoisotopic (exact) mass is 453 g/mol. The van der Waals surface area contributed by atoms with Crippen molar-refractivity contribution in [2.75, 3.05) is 16.8 Å². The number of hydrogen-bond donors (Lipinski definition) is 1. The molecule has 0 spiro atoms. The van der Waals surface area contributed by atoms with Gasteiger partial charge in [-0.15, -0.1) is 0 Å². The van der Waals surface area contributed by atoms with Gasteiger partial charge < -0.3 is 4.90 Å². The van der Waals surface area contributed by atoms with Crippen molar-refractivity contribution in [2.24, 2.45) is 0 Å². The summed E-state index contributed by atoms with van der Waals surface area (Å²) in [4.78, 5) is 29.4. The summed E-state index contributed by atoms with van der Waals surface area (Å²) in [6.07, 6.45) is 2.55. The van der Waals surface area contributed by atoms with Crippen LogP contribution in [0.3, 0.4) is 0 Å². The van der Waals surface area contributed by atoms with Gasteiger partial charge in [-0.1, -0.05) is 36.7 Å². The van der Waals surface area contributed by atoms with Crippen molar-refractivity contribution in [3.8, 4) is 0 Å². The Hall–Kier alpha value is -2.70. The average molecular weight is 454 g/mol. The lowest BCUT2D eigenvalue weighted by Crippen LogP contribution is -2.54. The number of fused-ring (bicyclic) bond motifs is 1. The third-order valence-electron chi connectivity index (χ3n) is 6.17. The number of nitrogens with one attached hydrogen (secondary N) is 1. The lowest BCUT2D eigenvalue weighted by Gasteiger charge is -2.45. The molecule has 160 valence electrons. The van der Waals surface area contributed by atoms with Crippen LogP contribution in [0.1, 0.15) is 44.2 Å². The molecule has 2 heterocycles. The number of hydrogen-bond acceptors (Lipinski definition) is 4. The maximum absolute atomic E-state index is 13.2. The van der Waals surface area contributed by atoms with E-state index >= 15 is 0 Å². The van der Waals surface area contributed by atoms with E-state index < -0.39 is 11.8 Å². The van der Waals surface area contributed by atoms with Crippen LogP contribution < -0.4 is 15.1 Å². The molecule has 1 saturated heterocycles. The zero-order valence-corrected chi connectivity index (χ0v) is 19.5. The van der Waals surface area contributed by atoms with Crippen molar-refractivity contribution < 1.29 is 9.59 Å². The molecule has 0 aliphatic carbocycles. The summed E-state index contributed by atoms with van der Waals surface area (Å²) >= 11 is 11.9. The maximum Gasteiger partial charge on any atom is 0.270 e. The van der Waals surface area contributed by atoms with Gasteiger partial charge in [-0.25, -0.2) is 0 Å². The molecule has 1 fully saturated rings. The Kier molecular flexibility index (Phi) is 5.40. The Bertz CT molecular complexity index is 1130. The highest BCUT2D eigenvalue weighted by Crippen LogP contribution is 2.44. The first-order chi connectivity index (χ1) is 14.6. The first kappa shape index (κ1) is 21.5. The van der Waals surface area contributed by atoms with E-state index in [1.165, 1.54) is 4.90 Å². The predicted octanol–water partition coefficient (Wildman–Crippen LogP) is 4.89. The van der Waals surface area contributed by atoms with Crippen LogP contribution in [-0.4, -0.2) is 29.5 Å². The molecule has 0 radical (unpaired) electrons. The predicted molar refractivity (Wildman–Crippen MR) is 130 cm³/mol. The van der Waals surface area contributed by atoms with E-state index in [1.54, 1.807) is 18.2 Å². The number of benzene rings is 2. The molecule has 0 unspecified atom stereocenters. The Morgan fingerprint density at radius 3 is 2.55 bits per heavy atom. The molecule has 31 heavy (non-hydrogen) atoms. The fraction of sp³-hybridized carbons (Fsp3) is 0.292. The quantitative estimate of drug-likeness (QED) is 0.399. The van der Waals surface area contributed by atoms with Gasteiger partial charge in [0.1, 0.15) is 5.57 Å². The molecule has 0 aromatic heterocycles. The highest BCUT2D eigenvalue weighted by Gasteiger charge is 2.36.